The van der Waals surface area contributed by atoms with E-state index in [1.54, 1.807) is 41.5 Å². The molecule has 33 heavy (non-hydrogen) atoms. The predicted molar refractivity (Wildman–Crippen MR) is 116 cm³/mol. The van der Waals surface area contributed by atoms with Crippen LogP contribution in [-0.4, -0.2) is 43.0 Å². The zero-order valence-corrected chi connectivity index (χ0v) is 19.6. The van der Waals surface area contributed by atoms with Gasteiger partial charge in [0.15, 0.2) is 11.5 Å². The summed E-state index contributed by atoms with van der Waals surface area (Å²) in [6.07, 6.45) is -1.27. The van der Waals surface area contributed by atoms with Gasteiger partial charge >= 0.3 is 12.2 Å². The maximum atomic E-state index is 14.8. The normalized spacial score (nSPS) is 12.0. The Morgan fingerprint density at radius 2 is 1.55 bits per heavy atom. The lowest BCUT2D eigenvalue weighted by atomic mass is 10.1. The number of halogens is 3. The van der Waals surface area contributed by atoms with Crippen LogP contribution in [0.5, 0.6) is 0 Å². The average Bonchev–Trinajstić information content (AvgIpc) is 3.02. The third-order valence-electron chi connectivity index (χ3n) is 3.83. The van der Waals surface area contributed by atoms with E-state index in [4.69, 9.17) is 21.1 Å². The largest absolute Gasteiger partial charge is 0.443 e. The van der Waals surface area contributed by atoms with Crippen LogP contribution in [0.3, 0.4) is 0 Å². The fraction of sp³-hybridized carbons (Fsp3) is 0.381. The summed E-state index contributed by atoms with van der Waals surface area (Å²) in [5.74, 6) is -2.10. The number of carbonyl (C=O) groups is 2. The van der Waals surface area contributed by atoms with Crippen molar-refractivity contribution >= 4 is 35.4 Å². The van der Waals surface area contributed by atoms with E-state index >= 15 is 0 Å². The van der Waals surface area contributed by atoms with Gasteiger partial charge in [-0.3, -0.25) is 0 Å². The molecule has 0 spiro atoms. The molecule has 0 bridgehead atoms. The Kier molecular flexibility index (Phi) is 6.29. The second kappa shape index (κ2) is 8.54. The molecule has 0 N–H and O–H groups in total. The molecule has 3 aromatic heterocycles. The molecule has 0 saturated heterocycles. The number of anilines is 1. The number of carbonyl (C=O) groups excluding carboxylic acids is 2. The Labute approximate surface area is 193 Å². The minimum atomic E-state index is -1.09. The summed E-state index contributed by atoms with van der Waals surface area (Å²) in [5.41, 5.74) is -2.44. The van der Waals surface area contributed by atoms with Crippen molar-refractivity contribution in [2.24, 2.45) is 0 Å². The van der Waals surface area contributed by atoms with Gasteiger partial charge in [0.1, 0.15) is 27.9 Å². The Bertz CT molecular complexity index is 1210. The van der Waals surface area contributed by atoms with Gasteiger partial charge in [-0.1, -0.05) is 11.6 Å². The lowest BCUT2D eigenvalue weighted by Gasteiger charge is -2.26. The van der Waals surface area contributed by atoms with Crippen molar-refractivity contribution in [2.45, 2.75) is 52.7 Å². The Hall–Kier alpha value is -3.34. The van der Waals surface area contributed by atoms with Gasteiger partial charge in [0.25, 0.3) is 5.95 Å². The number of fused-ring (bicyclic) bond motifs is 1. The molecule has 0 radical (unpaired) electrons. The number of pyridine rings is 2. The van der Waals surface area contributed by atoms with E-state index < -0.39 is 41.0 Å². The second-order valence-electron chi connectivity index (χ2n) is 9.01. The fourth-order valence-corrected chi connectivity index (χ4v) is 2.78. The summed E-state index contributed by atoms with van der Waals surface area (Å²) < 4.78 is 40.5. The predicted octanol–water partition coefficient (Wildman–Crippen LogP) is 5.40. The first kappa shape index (κ1) is 24.3. The minimum Gasteiger partial charge on any atom is -0.443 e. The van der Waals surface area contributed by atoms with Crippen LogP contribution in [0.1, 0.15) is 41.5 Å². The number of ether oxygens (including phenoxy) is 2. The summed E-state index contributed by atoms with van der Waals surface area (Å²) in [4.78, 5) is 34.0. The van der Waals surface area contributed by atoms with Crippen molar-refractivity contribution in [1.29, 1.82) is 0 Å². The van der Waals surface area contributed by atoms with Gasteiger partial charge in [0, 0.05) is 5.56 Å². The molecule has 0 aliphatic carbocycles. The molecule has 0 saturated carbocycles. The molecule has 0 fully saturated rings. The maximum absolute atomic E-state index is 14.8. The van der Waals surface area contributed by atoms with Crippen molar-refractivity contribution in [1.82, 2.24) is 19.6 Å². The lowest BCUT2D eigenvalue weighted by Crippen LogP contribution is -2.44. The number of hydrogen-bond acceptors (Lipinski definition) is 7. The van der Waals surface area contributed by atoms with Gasteiger partial charge in [-0.15, -0.1) is 10.00 Å². The van der Waals surface area contributed by atoms with E-state index in [1.165, 1.54) is 6.07 Å². The first-order valence-corrected chi connectivity index (χ1v) is 10.2. The Morgan fingerprint density at radius 1 is 0.970 bits per heavy atom. The van der Waals surface area contributed by atoms with Crippen molar-refractivity contribution in [3.63, 3.8) is 0 Å². The number of rotatable bonds is 2. The highest BCUT2D eigenvalue weighted by atomic mass is 35.5. The topological polar surface area (TPSA) is 98.9 Å². The lowest BCUT2D eigenvalue weighted by molar-refractivity contribution is 0.0427. The molecule has 9 nitrogen and oxygen atoms in total. The first-order chi connectivity index (χ1) is 15.1. The third kappa shape index (κ3) is 5.72. The molecule has 3 heterocycles. The van der Waals surface area contributed by atoms with E-state index in [2.05, 4.69) is 15.1 Å². The molecule has 0 unspecified atom stereocenters. The van der Waals surface area contributed by atoms with Crippen LogP contribution in [0, 0.1) is 11.6 Å². The van der Waals surface area contributed by atoms with Crippen LogP contribution >= 0.6 is 11.6 Å². The van der Waals surface area contributed by atoms with Crippen molar-refractivity contribution in [3.8, 4) is 11.3 Å². The van der Waals surface area contributed by atoms with Crippen molar-refractivity contribution in [3.05, 3.63) is 41.2 Å². The summed E-state index contributed by atoms with van der Waals surface area (Å²) in [7, 11) is 0. The molecule has 2 amide bonds. The van der Waals surface area contributed by atoms with Crippen LogP contribution in [0.2, 0.25) is 5.15 Å². The molecule has 3 aromatic rings. The SMILES string of the molecule is CC(C)(C)OC(=O)N(C(=O)OC(C)(C)C)c1nc2cc(-c3nc(Cl)ccc3F)c(F)cn2n1. The van der Waals surface area contributed by atoms with E-state index in [0.717, 1.165) is 22.8 Å². The van der Waals surface area contributed by atoms with E-state index in [0.29, 0.717) is 4.90 Å². The highest BCUT2D eigenvalue weighted by molar-refractivity contribution is 6.29. The van der Waals surface area contributed by atoms with Crippen molar-refractivity contribution in [2.75, 3.05) is 4.90 Å². The second-order valence-corrected chi connectivity index (χ2v) is 9.40. The van der Waals surface area contributed by atoms with Crippen LogP contribution in [0.25, 0.3) is 16.9 Å². The van der Waals surface area contributed by atoms with Gasteiger partial charge in [-0.25, -0.2) is 27.9 Å². The van der Waals surface area contributed by atoms with E-state index in [9.17, 15) is 18.4 Å². The smallest absolute Gasteiger partial charge is 0.427 e. The third-order valence-corrected chi connectivity index (χ3v) is 4.04. The standard InChI is InChI=1S/C21H22ClF2N5O4/c1-20(2,3)32-18(30)29(19(31)33-21(4,5)6)17-26-15-9-11(13(24)10-28(15)27-17)16-12(23)7-8-14(22)25-16/h7-10H,1-6H3. The molecule has 12 heteroatoms. The molecule has 0 aromatic carbocycles. The van der Waals surface area contributed by atoms with Gasteiger partial charge < -0.3 is 9.47 Å². The number of nitrogens with zero attached hydrogens (tertiary/aromatic N) is 5. The Balaban J connectivity index is 2.11. The van der Waals surface area contributed by atoms with E-state index in [1.807, 2.05) is 0 Å². The molecule has 0 aliphatic rings. The van der Waals surface area contributed by atoms with Crippen LogP contribution in [0.4, 0.5) is 24.3 Å². The quantitative estimate of drug-likeness (QED) is 0.452. The van der Waals surface area contributed by atoms with Crippen molar-refractivity contribution < 1.29 is 27.8 Å². The highest BCUT2D eigenvalue weighted by Crippen LogP contribution is 2.27. The first-order valence-electron chi connectivity index (χ1n) is 9.79. The number of aromatic nitrogens is 4. The van der Waals surface area contributed by atoms with Crippen LogP contribution in [-0.2, 0) is 9.47 Å². The number of amides is 2. The summed E-state index contributed by atoms with van der Waals surface area (Å²) >= 11 is 5.82. The molecular formula is C21H22ClF2N5O4. The van der Waals surface area contributed by atoms with Gasteiger partial charge in [-0.05, 0) is 59.7 Å². The molecule has 0 atom stereocenters. The monoisotopic (exact) mass is 481 g/mol. The average molecular weight is 482 g/mol. The molecular weight excluding hydrogens is 460 g/mol. The zero-order valence-electron chi connectivity index (χ0n) is 18.8. The summed E-state index contributed by atoms with van der Waals surface area (Å²) in [6.45, 7) is 9.69. The summed E-state index contributed by atoms with van der Waals surface area (Å²) in [5, 5.41) is 3.97. The van der Waals surface area contributed by atoms with Gasteiger partial charge in [0.2, 0.25) is 0 Å². The minimum absolute atomic E-state index is 0.000284. The van der Waals surface area contributed by atoms with Gasteiger partial charge in [0.05, 0.1) is 6.20 Å². The maximum Gasteiger partial charge on any atom is 0.427 e. The molecule has 3 rings (SSSR count). The number of imide groups is 1. The van der Waals surface area contributed by atoms with Crippen LogP contribution in [0.15, 0.2) is 24.4 Å². The summed E-state index contributed by atoms with van der Waals surface area (Å²) in [6, 6.07) is 3.44. The van der Waals surface area contributed by atoms with Crippen LogP contribution < -0.4 is 4.90 Å². The molecule has 0 aliphatic heterocycles. The number of hydrogen-bond donors (Lipinski definition) is 0. The highest BCUT2D eigenvalue weighted by Gasteiger charge is 2.35. The van der Waals surface area contributed by atoms with E-state index in [-0.39, 0.29) is 22.1 Å². The Morgan fingerprint density at radius 3 is 2.09 bits per heavy atom. The molecule has 176 valence electrons. The zero-order chi connectivity index (χ0) is 24.7. The fourth-order valence-electron chi connectivity index (χ4n) is 2.63. The van der Waals surface area contributed by atoms with Gasteiger partial charge in [-0.2, -0.15) is 4.98 Å².